The molecule has 0 aliphatic heterocycles. The molecule has 1 aromatic carbocycles. The highest BCUT2D eigenvalue weighted by atomic mass is 35.5. The molecule has 1 aromatic heterocycles. The van der Waals surface area contributed by atoms with E-state index in [-0.39, 0.29) is 10.0 Å². The third-order valence-electron chi connectivity index (χ3n) is 3.05. The lowest BCUT2D eigenvalue weighted by Crippen LogP contribution is -2.27. The Hall–Kier alpha value is -1.59. The van der Waals surface area contributed by atoms with E-state index in [1.54, 1.807) is 12.1 Å². The van der Waals surface area contributed by atoms with Gasteiger partial charge in [0.05, 0.1) is 5.69 Å². The van der Waals surface area contributed by atoms with Crippen LogP contribution in [0.25, 0.3) is 0 Å². The zero-order valence-corrected chi connectivity index (χ0v) is 13.0. The number of benzene rings is 1. The maximum atomic E-state index is 12.6. The summed E-state index contributed by atoms with van der Waals surface area (Å²) < 4.78 is 26.4. The molecule has 0 aliphatic carbocycles. The quantitative estimate of drug-likeness (QED) is 0.818. The Morgan fingerprint density at radius 2 is 1.90 bits per heavy atom. The van der Waals surface area contributed by atoms with E-state index in [0.29, 0.717) is 5.69 Å². The van der Waals surface area contributed by atoms with Crippen molar-refractivity contribution in [2.45, 2.75) is 18.7 Å². The number of hydrogen-bond acceptors (Lipinski definition) is 3. The summed E-state index contributed by atoms with van der Waals surface area (Å²) >= 11 is 5.89. The van der Waals surface area contributed by atoms with Gasteiger partial charge in [-0.1, -0.05) is 29.3 Å². The van der Waals surface area contributed by atoms with Gasteiger partial charge in [0.25, 0.3) is 10.0 Å². The molecule has 6 heteroatoms. The number of aromatic nitrogens is 1. The molecule has 0 unspecified atom stereocenters. The number of halogens is 1. The van der Waals surface area contributed by atoms with Crippen LogP contribution in [0.5, 0.6) is 0 Å². The van der Waals surface area contributed by atoms with Crippen molar-refractivity contribution in [2.24, 2.45) is 0 Å². The highest BCUT2D eigenvalue weighted by molar-refractivity contribution is 7.93. The van der Waals surface area contributed by atoms with Crippen LogP contribution in [-0.2, 0) is 10.0 Å². The van der Waals surface area contributed by atoms with Gasteiger partial charge in [0, 0.05) is 13.2 Å². The third kappa shape index (κ3) is 2.64. The zero-order chi connectivity index (χ0) is 14.9. The van der Waals surface area contributed by atoms with Crippen LogP contribution in [0.2, 0.25) is 5.15 Å². The van der Waals surface area contributed by atoms with Crippen LogP contribution in [0.15, 0.2) is 41.4 Å². The van der Waals surface area contributed by atoms with Gasteiger partial charge in [-0.05, 0) is 37.6 Å². The molecule has 2 aromatic rings. The first kappa shape index (κ1) is 14.8. The molecule has 0 radical (unpaired) electrons. The van der Waals surface area contributed by atoms with Crippen LogP contribution < -0.4 is 4.31 Å². The minimum absolute atomic E-state index is 0.00383. The van der Waals surface area contributed by atoms with Gasteiger partial charge >= 0.3 is 0 Å². The summed E-state index contributed by atoms with van der Waals surface area (Å²) in [5.74, 6) is 0. The molecule has 2 rings (SSSR count). The number of nitrogens with zero attached hydrogens (tertiary/aromatic N) is 2. The molecule has 0 spiro atoms. The highest BCUT2D eigenvalue weighted by Gasteiger charge is 2.25. The first-order valence-electron chi connectivity index (χ1n) is 6.01. The molecule has 0 bridgehead atoms. The lowest BCUT2D eigenvalue weighted by atomic mass is 10.1. The number of anilines is 1. The Kier molecular flexibility index (Phi) is 4.01. The van der Waals surface area contributed by atoms with Gasteiger partial charge in [-0.3, -0.25) is 4.31 Å². The Balaban J connectivity index is 2.52. The Bertz CT molecular complexity index is 745. The van der Waals surface area contributed by atoms with Gasteiger partial charge in [-0.15, -0.1) is 0 Å². The fraction of sp³-hybridized carbons (Fsp3) is 0.214. The van der Waals surface area contributed by atoms with Gasteiger partial charge in [0.2, 0.25) is 0 Å². The first-order valence-corrected chi connectivity index (χ1v) is 7.82. The van der Waals surface area contributed by atoms with Crippen molar-refractivity contribution < 1.29 is 8.42 Å². The Morgan fingerprint density at radius 1 is 1.20 bits per heavy atom. The van der Waals surface area contributed by atoms with E-state index < -0.39 is 10.0 Å². The summed E-state index contributed by atoms with van der Waals surface area (Å²) in [4.78, 5) is 3.82. The molecule has 0 amide bonds. The molecule has 20 heavy (non-hydrogen) atoms. The first-order chi connectivity index (χ1) is 9.34. The second kappa shape index (κ2) is 5.42. The average molecular weight is 311 g/mol. The largest absolute Gasteiger partial charge is 0.269 e. The smallest absolute Gasteiger partial charge is 0.267 e. The van der Waals surface area contributed by atoms with Crippen molar-refractivity contribution >= 4 is 27.3 Å². The van der Waals surface area contributed by atoms with Gasteiger partial charge in [-0.2, -0.15) is 0 Å². The predicted molar refractivity (Wildman–Crippen MR) is 80.8 cm³/mol. The summed E-state index contributed by atoms with van der Waals surface area (Å²) in [6.45, 7) is 3.84. The molecule has 0 saturated heterocycles. The van der Waals surface area contributed by atoms with Crippen LogP contribution in [-0.4, -0.2) is 20.4 Å². The highest BCUT2D eigenvalue weighted by Crippen LogP contribution is 2.28. The molecule has 1 heterocycles. The second-order valence-corrected chi connectivity index (χ2v) is 6.85. The molecule has 0 atom stereocenters. The standard InChI is InChI=1S/C14H15ClN2O2S/c1-10-6-7-12(11(2)9-10)17(3)20(18,19)13-5-4-8-16-14(13)15/h4-9H,1-3H3. The lowest BCUT2D eigenvalue weighted by Gasteiger charge is -2.22. The van der Waals surface area contributed by atoms with Crippen LogP contribution in [0.4, 0.5) is 5.69 Å². The number of aryl methyl sites for hydroxylation is 2. The molecular formula is C14H15ClN2O2S. The van der Waals surface area contributed by atoms with E-state index in [0.717, 1.165) is 11.1 Å². The second-order valence-electron chi connectivity index (χ2n) is 4.55. The number of hydrogen-bond donors (Lipinski definition) is 0. The van der Waals surface area contributed by atoms with Crippen molar-refractivity contribution in [3.05, 3.63) is 52.8 Å². The van der Waals surface area contributed by atoms with E-state index in [2.05, 4.69) is 4.98 Å². The molecule has 4 nitrogen and oxygen atoms in total. The minimum Gasteiger partial charge on any atom is -0.269 e. The molecule has 0 N–H and O–H groups in total. The zero-order valence-electron chi connectivity index (χ0n) is 11.5. The van der Waals surface area contributed by atoms with E-state index in [9.17, 15) is 8.42 Å². The van der Waals surface area contributed by atoms with Gasteiger partial charge in [-0.25, -0.2) is 13.4 Å². The van der Waals surface area contributed by atoms with Crippen molar-refractivity contribution in [1.82, 2.24) is 4.98 Å². The molecule has 0 aliphatic rings. The average Bonchev–Trinajstić information content (AvgIpc) is 2.38. The topological polar surface area (TPSA) is 50.3 Å². The fourth-order valence-corrected chi connectivity index (χ4v) is 3.69. The number of rotatable bonds is 3. The monoisotopic (exact) mass is 310 g/mol. The number of sulfonamides is 1. The Labute approximate surface area is 124 Å². The van der Waals surface area contributed by atoms with Gasteiger partial charge < -0.3 is 0 Å². The van der Waals surface area contributed by atoms with Crippen molar-refractivity contribution in [3.8, 4) is 0 Å². The SMILES string of the molecule is Cc1ccc(N(C)S(=O)(=O)c2cccnc2Cl)c(C)c1. The van der Waals surface area contributed by atoms with E-state index in [1.165, 1.54) is 23.6 Å². The summed E-state index contributed by atoms with van der Waals surface area (Å²) in [7, 11) is -2.21. The van der Waals surface area contributed by atoms with Crippen LogP contribution in [0.1, 0.15) is 11.1 Å². The maximum Gasteiger partial charge on any atom is 0.267 e. The summed E-state index contributed by atoms with van der Waals surface area (Å²) in [5, 5.41) is -0.0240. The summed E-state index contributed by atoms with van der Waals surface area (Å²) in [6, 6.07) is 8.59. The number of pyridine rings is 1. The maximum absolute atomic E-state index is 12.6. The minimum atomic E-state index is -3.72. The van der Waals surface area contributed by atoms with Crippen molar-refractivity contribution in [2.75, 3.05) is 11.4 Å². The third-order valence-corrected chi connectivity index (χ3v) is 5.27. The Morgan fingerprint density at radius 3 is 2.50 bits per heavy atom. The molecule has 106 valence electrons. The van der Waals surface area contributed by atoms with Crippen molar-refractivity contribution in [1.29, 1.82) is 0 Å². The summed E-state index contributed by atoms with van der Waals surface area (Å²) in [5.41, 5.74) is 2.59. The van der Waals surface area contributed by atoms with Gasteiger partial charge in [0.1, 0.15) is 10.0 Å². The van der Waals surface area contributed by atoms with Crippen molar-refractivity contribution in [3.63, 3.8) is 0 Å². The molecular weight excluding hydrogens is 296 g/mol. The fourth-order valence-electron chi connectivity index (χ4n) is 2.00. The normalized spacial score (nSPS) is 11.4. The van der Waals surface area contributed by atoms with E-state index in [1.807, 2.05) is 26.0 Å². The van der Waals surface area contributed by atoms with E-state index >= 15 is 0 Å². The predicted octanol–water partition coefficient (Wildman–Crippen LogP) is 3.18. The summed E-state index contributed by atoms with van der Waals surface area (Å²) in [6.07, 6.45) is 1.46. The molecule has 0 saturated carbocycles. The van der Waals surface area contributed by atoms with Gasteiger partial charge in [0.15, 0.2) is 0 Å². The van der Waals surface area contributed by atoms with Crippen LogP contribution >= 0.6 is 11.6 Å². The molecule has 0 fully saturated rings. The van der Waals surface area contributed by atoms with Crippen LogP contribution in [0, 0.1) is 13.8 Å². The van der Waals surface area contributed by atoms with Crippen LogP contribution in [0.3, 0.4) is 0 Å². The lowest BCUT2D eigenvalue weighted by molar-refractivity contribution is 0.594. The van der Waals surface area contributed by atoms with E-state index in [4.69, 9.17) is 11.6 Å².